The maximum Gasteiger partial charge on any atom is 0.293 e. The van der Waals surface area contributed by atoms with Crippen molar-refractivity contribution >= 4 is 23.1 Å². The number of aromatic amines is 1. The van der Waals surface area contributed by atoms with E-state index in [9.17, 15) is 9.59 Å². The first-order chi connectivity index (χ1) is 19.1. The molecule has 2 aromatic heterocycles. The number of aromatic nitrogens is 4. The second-order valence-electron chi connectivity index (χ2n) is 10.8. The predicted molar refractivity (Wildman–Crippen MR) is 160 cm³/mol. The summed E-state index contributed by atoms with van der Waals surface area (Å²) < 4.78 is 1.50. The number of imidazole rings is 1. The van der Waals surface area contributed by atoms with E-state index in [1.807, 2.05) is 73.7 Å². The summed E-state index contributed by atoms with van der Waals surface area (Å²) in [7, 11) is 1.70. The molecule has 0 bridgehead atoms. The minimum atomic E-state index is -0.250. The van der Waals surface area contributed by atoms with Gasteiger partial charge in [-0.2, -0.15) is 0 Å². The molecule has 202 valence electrons. The van der Waals surface area contributed by atoms with Gasteiger partial charge in [-0.05, 0) is 65.9 Å². The van der Waals surface area contributed by atoms with Gasteiger partial charge in [-0.1, -0.05) is 45.0 Å². The van der Waals surface area contributed by atoms with Gasteiger partial charge in [0.25, 0.3) is 11.5 Å². The van der Waals surface area contributed by atoms with Crippen molar-refractivity contribution in [3.63, 3.8) is 0 Å². The van der Waals surface area contributed by atoms with Crippen LogP contribution in [0.4, 0.5) is 17.2 Å². The van der Waals surface area contributed by atoms with Gasteiger partial charge in [0.1, 0.15) is 5.82 Å². The fraction of sp³-hybridized carbons (Fsp3) is 0.188. The lowest BCUT2D eigenvalue weighted by Gasteiger charge is -2.19. The van der Waals surface area contributed by atoms with E-state index in [0.29, 0.717) is 16.9 Å². The van der Waals surface area contributed by atoms with E-state index >= 15 is 0 Å². The van der Waals surface area contributed by atoms with Crippen LogP contribution in [0.5, 0.6) is 0 Å². The molecular formula is C32H32N6O2. The third-order valence-electron chi connectivity index (χ3n) is 6.86. The van der Waals surface area contributed by atoms with Gasteiger partial charge >= 0.3 is 0 Å². The number of hydrogen-bond donors (Lipinski definition) is 3. The quantitative estimate of drug-likeness (QED) is 0.233. The molecule has 1 amide bonds. The van der Waals surface area contributed by atoms with Crippen LogP contribution in [0.15, 0.2) is 90.1 Å². The molecule has 0 spiro atoms. The number of nitrogens with zero attached hydrogens (tertiary/aromatic N) is 3. The van der Waals surface area contributed by atoms with Crippen molar-refractivity contribution in [3.05, 3.63) is 112 Å². The Labute approximate surface area is 233 Å². The van der Waals surface area contributed by atoms with Crippen molar-refractivity contribution < 1.29 is 4.79 Å². The van der Waals surface area contributed by atoms with E-state index < -0.39 is 0 Å². The second-order valence-corrected chi connectivity index (χ2v) is 10.8. The van der Waals surface area contributed by atoms with Gasteiger partial charge in [-0.15, -0.1) is 0 Å². The first kappa shape index (κ1) is 26.6. The molecule has 3 N–H and O–H groups in total. The zero-order valence-corrected chi connectivity index (χ0v) is 23.2. The fourth-order valence-corrected chi connectivity index (χ4v) is 4.45. The van der Waals surface area contributed by atoms with Crippen LogP contribution in [0.1, 0.15) is 42.3 Å². The summed E-state index contributed by atoms with van der Waals surface area (Å²) in [6, 6.07) is 20.9. The zero-order valence-electron chi connectivity index (χ0n) is 23.2. The summed E-state index contributed by atoms with van der Waals surface area (Å²) in [4.78, 5) is 38.0. The number of nitrogens with one attached hydrogen (secondary N) is 3. The molecule has 40 heavy (non-hydrogen) atoms. The molecule has 0 unspecified atom stereocenters. The van der Waals surface area contributed by atoms with E-state index in [4.69, 9.17) is 0 Å². The lowest BCUT2D eigenvalue weighted by molar-refractivity contribution is 0.102. The minimum absolute atomic E-state index is 0.0137. The molecule has 8 nitrogen and oxygen atoms in total. The Morgan fingerprint density at radius 3 is 2.35 bits per heavy atom. The van der Waals surface area contributed by atoms with Gasteiger partial charge in [0, 0.05) is 53.7 Å². The number of carbonyl (C=O) groups excluding carboxylic acids is 1. The summed E-state index contributed by atoms with van der Waals surface area (Å²) in [6.07, 6.45) is 5.17. The predicted octanol–water partition coefficient (Wildman–Crippen LogP) is 6.44. The van der Waals surface area contributed by atoms with Gasteiger partial charge in [-0.25, -0.2) is 9.97 Å². The third-order valence-corrected chi connectivity index (χ3v) is 6.86. The topological polar surface area (TPSA) is 105 Å². The van der Waals surface area contributed by atoms with Crippen molar-refractivity contribution in [3.8, 4) is 22.6 Å². The molecule has 5 aromatic rings. The summed E-state index contributed by atoms with van der Waals surface area (Å²) in [5.74, 6) is 0.792. The van der Waals surface area contributed by atoms with E-state index in [1.54, 1.807) is 25.6 Å². The SMILES string of the molecule is Cc1c(NC(=O)c2ccc(C(C)(C)C)cc2)cccc1-c1cn(C)c(=O)c(Nc2ccc(-c3ncc[nH]3)cc2)n1. The first-order valence-corrected chi connectivity index (χ1v) is 13.1. The molecule has 0 radical (unpaired) electrons. The molecule has 0 fully saturated rings. The summed E-state index contributed by atoms with van der Waals surface area (Å²) in [5, 5.41) is 6.19. The number of H-pyrrole nitrogens is 1. The first-order valence-electron chi connectivity index (χ1n) is 13.1. The smallest absolute Gasteiger partial charge is 0.293 e. The highest BCUT2D eigenvalue weighted by molar-refractivity contribution is 6.05. The number of rotatable bonds is 6. The molecule has 5 rings (SSSR count). The number of amides is 1. The Morgan fingerprint density at radius 1 is 0.975 bits per heavy atom. The van der Waals surface area contributed by atoms with E-state index in [-0.39, 0.29) is 22.7 Å². The maximum absolute atomic E-state index is 13.0. The van der Waals surface area contributed by atoms with Crippen molar-refractivity contribution in [2.75, 3.05) is 10.6 Å². The molecule has 0 aliphatic carbocycles. The van der Waals surface area contributed by atoms with Crippen LogP contribution in [-0.2, 0) is 12.5 Å². The Hall–Kier alpha value is -4.98. The van der Waals surface area contributed by atoms with Crippen molar-refractivity contribution in [2.24, 2.45) is 7.05 Å². The number of anilines is 3. The van der Waals surface area contributed by atoms with Crippen LogP contribution in [0.2, 0.25) is 0 Å². The molecule has 0 aliphatic rings. The number of carbonyl (C=O) groups is 1. The number of hydrogen-bond acceptors (Lipinski definition) is 5. The highest BCUT2D eigenvalue weighted by Crippen LogP contribution is 2.29. The summed E-state index contributed by atoms with van der Waals surface area (Å²) >= 11 is 0. The third kappa shape index (κ3) is 5.56. The largest absolute Gasteiger partial charge is 0.345 e. The molecule has 2 heterocycles. The molecule has 0 saturated heterocycles. The average Bonchev–Trinajstić information content (AvgIpc) is 3.47. The lowest BCUT2D eigenvalue weighted by Crippen LogP contribution is -2.21. The van der Waals surface area contributed by atoms with E-state index in [1.165, 1.54) is 10.1 Å². The molecule has 0 saturated carbocycles. The monoisotopic (exact) mass is 532 g/mol. The van der Waals surface area contributed by atoms with E-state index in [0.717, 1.165) is 28.2 Å². The molecular weight excluding hydrogens is 500 g/mol. The van der Waals surface area contributed by atoms with Crippen molar-refractivity contribution in [1.82, 2.24) is 19.5 Å². The molecule has 0 aliphatic heterocycles. The number of aryl methyl sites for hydroxylation is 1. The highest BCUT2D eigenvalue weighted by atomic mass is 16.1. The van der Waals surface area contributed by atoms with Crippen LogP contribution >= 0.6 is 0 Å². The lowest BCUT2D eigenvalue weighted by atomic mass is 9.86. The molecule has 8 heteroatoms. The summed E-state index contributed by atoms with van der Waals surface area (Å²) in [6.45, 7) is 8.36. The van der Waals surface area contributed by atoms with E-state index in [2.05, 4.69) is 46.4 Å². The zero-order chi connectivity index (χ0) is 28.4. The van der Waals surface area contributed by atoms with Crippen molar-refractivity contribution in [2.45, 2.75) is 33.1 Å². The van der Waals surface area contributed by atoms with Crippen LogP contribution in [0.25, 0.3) is 22.6 Å². The van der Waals surface area contributed by atoms with Gasteiger partial charge in [0.2, 0.25) is 0 Å². The van der Waals surface area contributed by atoms with Gasteiger partial charge in [0.05, 0.1) is 5.69 Å². The molecule has 0 atom stereocenters. The van der Waals surface area contributed by atoms with Crippen LogP contribution in [0.3, 0.4) is 0 Å². The second kappa shape index (κ2) is 10.6. The van der Waals surface area contributed by atoms with Crippen LogP contribution in [0, 0.1) is 6.92 Å². The van der Waals surface area contributed by atoms with Gasteiger partial charge in [-0.3, -0.25) is 9.59 Å². The van der Waals surface area contributed by atoms with Crippen molar-refractivity contribution in [1.29, 1.82) is 0 Å². The highest BCUT2D eigenvalue weighted by Gasteiger charge is 2.17. The normalized spacial score (nSPS) is 11.3. The Bertz CT molecular complexity index is 1710. The Kier molecular flexibility index (Phi) is 7.09. The Balaban J connectivity index is 1.40. The Morgan fingerprint density at radius 2 is 1.70 bits per heavy atom. The summed E-state index contributed by atoms with van der Waals surface area (Å²) in [5.41, 5.74) is 6.13. The standard InChI is InChI=1S/C32H32N6O2/c1-20-25(7-6-8-26(20)37-30(39)22-9-13-23(14-10-22)32(2,3)4)27-19-38(5)31(40)29(36-27)35-24-15-11-21(12-16-24)28-33-17-18-34-28/h6-19H,1-5H3,(H,33,34)(H,35,36)(H,37,39). The van der Waals surface area contributed by atoms with Crippen LogP contribution in [-0.4, -0.2) is 25.4 Å². The average molecular weight is 533 g/mol. The fourth-order valence-electron chi connectivity index (χ4n) is 4.45. The minimum Gasteiger partial charge on any atom is -0.345 e. The van der Waals surface area contributed by atoms with Gasteiger partial charge < -0.3 is 20.2 Å². The maximum atomic E-state index is 13.0. The molecule has 3 aromatic carbocycles. The number of benzene rings is 3. The van der Waals surface area contributed by atoms with Gasteiger partial charge in [0.15, 0.2) is 5.82 Å². The van der Waals surface area contributed by atoms with Crippen LogP contribution < -0.4 is 16.2 Å².